The number of fused-ring (bicyclic) bond motifs is 2. The Hall–Kier alpha value is -3.77. The second-order valence-electron chi connectivity index (χ2n) is 16.7. The van der Waals surface area contributed by atoms with Crippen LogP contribution in [0.3, 0.4) is 0 Å². The number of nitrogens with one attached hydrogen (secondary N) is 1. The van der Waals surface area contributed by atoms with Gasteiger partial charge >= 0.3 is 12.1 Å². The first kappa shape index (κ1) is 37.5. The lowest BCUT2D eigenvalue weighted by molar-refractivity contribution is -0.253. The van der Waals surface area contributed by atoms with Crippen molar-refractivity contribution >= 4 is 11.8 Å². The summed E-state index contributed by atoms with van der Waals surface area (Å²) < 4.78 is 52.8. The maximum Gasteiger partial charge on any atom is 0.471 e. The van der Waals surface area contributed by atoms with Crippen LogP contribution in [0.1, 0.15) is 93.9 Å². The van der Waals surface area contributed by atoms with Crippen molar-refractivity contribution in [2.45, 2.75) is 109 Å². The Bertz CT molecular complexity index is 1800. The number of alkyl halides is 3. The minimum absolute atomic E-state index is 0.0198. The van der Waals surface area contributed by atoms with E-state index in [9.17, 15) is 27.9 Å². The minimum atomic E-state index is -5.02. The molecule has 2 N–H and O–H groups in total. The van der Waals surface area contributed by atoms with E-state index in [1.807, 2.05) is 66.7 Å². The van der Waals surface area contributed by atoms with Crippen molar-refractivity contribution in [3.63, 3.8) is 0 Å². The Kier molecular flexibility index (Phi) is 10.5. The predicted molar refractivity (Wildman–Crippen MR) is 194 cm³/mol. The molecule has 2 unspecified atom stereocenters. The van der Waals surface area contributed by atoms with Gasteiger partial charge in [-0.2, -0.15) is 13.2 Å². The number of nitrogens with zero attached hydrogens (tertiary/aromatic N) is 2. The number of carbonyl (C=O) groups excluding carboxylic acids is 2. The number of amides is 2. The third kappa shape index (κ3) is 8.48. The highest BCUT2D eigenvalue weighted by Crippen LogP contribution is 2.53. The Labute approximate surface area is 309 Å². The van der Waals surface area contributed by atoms with Gasteiger partial charge in [-0.15, -0.1) is 0 Å². The molecule has 8 nitrogen and oxygen atoms in total. The zero-order valence-electron chi connectivity index (χ0n) is 30.7. The van der Waals surface area contributed by atoms with Crippen molar-refractivity contribution in [2.75, 3.05) is 19.6 Å². The fourth-order valence-electron chi connectivity index (χ4n) is 9.56. The fraction of sp³-hybridized carbons (Fsp3) is 0.524. The number of aliphatic hydroxyl groups excluding tert-OH is 1. The quantitative estimate of drug-likeness (QED) is 0.237. The molecule has 3 aliphatic heterocycles. The number of rotatable bonds is 9. The summed E-state index contributed by atoms with van der Waals surface area (Å²) in [6, 6.07) is 23.0. The van der Waals surface area contributed by atoms with E-state index < -0.39 is 30.3 Å². The second-order valence-corrected chi connectivity index (χ2v) is 16.7. The van der Waals surface area contributed by atoms with Gasteiger partial charge in [0.1, 0.15) is 6.04 Å². The molecular weight excluding hydrogens is 683 g/mol. The molecule has 7 rings (SSSR count). The van der Waals surface area contributed by atoms with E-state index in [0.29, 0.717) is 28.2 Å². The van der Waals surface area contributed by atoms with E-state index in [1.165, 1.54) is 19.3 Å². The lowest BCUT2D eigenvalue weighted by Crippen LogP contribution is -2.50. The number of benzene rings is 3. The Balaban J connectivity index is 1.07. The minimum Gasteiger partial charge on any atom is -0.392 e. The summed E-state index contributed by atoms with van der Waals surface area (Å²) in [4.78, 5) is 28.1. The summed E-state index contributed by atoms with van der Waals surface area (Å²) in [7, 11) is 0. The summed E-state index contributed by atoms with van der Waals surface area (Å²) in [5, 5.41) is 12.4. The molecule has 11 heteroatoms. The van der Waals surface area contributed by atoms with Crippen LogP contribution in [0, 0.1) is 10.8 Å². The first-order valence-electron chi connectivity index (χ1n) is 18.8. The van der Waals surface area contributed by atoms with Crippen molar-refractivity contribution in [1.82, 2.24) is 15.1 Å². The third-order valence-corrected chi connectivity index (χ3v) is 11.5. The number of ether oxygens (including phenoxy) is 2. The monoisotopic (exact) mass is 733 g/mol. The van der Waals surface area contributed by atoms with Crippen LogP contribution in [0.2, 0.25) is 0 Å². The van der Waals surface area contributed by atoms with Crippen LogP contribution in [-0.4, -0.2) is 70.7 Å². The van der Waals surface area contributed by atoms with Gasteiger partial charge in [-0.3, -0.25) is 14.5 Å². The zero-order chi connectivity index (χ0) is 37.5. The fourth-order valence-corrected chi connectivity index (χ4v) is 9.56. The first-order chi connectivity index (χ1) is 25.2. The predicted octanol–water partition coefficient (Wildman–Crippen LogP) is 7.46. The third-order valence-electron chi connectivity index (χ3n) is 11.5. The van der Waals surface area contributed by atoms with Gasteiger partial charge < -0.3 is 24.8 Å². The molecule has 3 aromatic rings. The normalized spacial score (nSPS) is 28.6. The number of carbonyl (C=O) groups is 2. The summed E-state index contributed by atoms with van der Waals surface area (Å²) in [6.45, 7) is 9.11. The number of halogens is 3. The Morgan fingerprint density at radius 3 is 2.40 bits per heavy atom. The van der Waals surface area contributed by atoms with Crippen molar-refractivity contribution in [1.29, 1.82) is 0 Å². The van der Waals surface area contributed by atoms with Gasteiger partial charge in [0.25, 0.3) is 0 Å². The van der Waals surface area contributed by atoms with Crippen molar-refractivity contribution in [2.24, 2.45) is 10.8 Å². The van der Waals surface area contributed by atoms with E-state index in [4.69, 9.17) is 9.47 Å². The molecule has 3 aromatic carbocycles. The summed E-state index contributed by atoms with van der Waals surface area (Å²) in [5.41, 5.74) is 6.01. The highest BCUT2D eigenvalue weighted by atomic mass is 19.4. The highest BCUT2D eigenvalue weighted by molar-refractivity contribution is 5.90. The molecule has 1 aliphatic carbocycles. The average molecular weight is 734 g/mol. The first-order valence-corrected chi connectivity index (χ1v) is 18.8. The molecular formula is C42H50F3N3O5. The molecule has 0 radical (unpaired) electrons. The largest absolute Gasteiger partial charge is 0.471 e. The van der Waals surface area contributed by atoms with E-state index >= 15 is 0 Å². The number of hydrogen-bond acceptors (Lipinski definition) is 6. The molecule has 3 saturated heterocycles. The maximum atomic E-state index is 13.1. The number of aliphatic hydroxyl groups is 1. The van der Waals surface area contributed by atoms with E-state index in [0.717, 1.165) is 52.9 Å². The Morgan fingerprint density at radius 2 is 1.66 bits per heavy atom. The van der Waals surface area contributed by atoms with Gasteiger partial charge in [0.05, 0.1) is 18.8 Å². The van der Waals surface area contributed by atoms with E-state index in [-0.39, 0.29) is 38.3 Å². The van der Waals surface area contributed by atoms with Crippen molar-refractivity contribution in [3.05, 3.63) is 95.1 Å². The standard InChI is InChI=1S/C42H50F3N3O5/c1-40(2)20-33-21-41(3,25-40)26-47(33)23-34-19-36(29-14-12-27(24-49)13-15-29)53-38(52-34)32-10-5-9-31(18-32)30-8-4-7-28(17-30)22-46-37(50)35-11-6-16-48(35)39(51)42(43,44)45/h4-5,7-10,12-15,17-18,33-36,38,49H,6,11,16,19-26H2,1-3H3,(H,46,50)/t33?,34-,35+,36+,38+,41?/m1/s1. The van der Waals surface area contributed by atoms with Crippen LogP contribution >= 0.6 is 0 Å². The molecule has 4 fully saturated rings. The number of hydrogen-bond donors (Lipinski definition) is 2. The summed E-state index contributed by atoms with van der Waals surface area (Å²) in [6.07, 6.45) is -0.997. The second kappa shape index (κ2) is 14.8. The average Bonchev–Trinajstić information content (AvgIpc) is 3.71. The molecule has 53 heavy (non-hydrogen) atoms. The topological polar surface area (TPSA) is 91.3 Å². The maximum absolute atomic E-state index is 13.1. The Morgan fingerprint density at radius 1 is 0.925 bits per heavy atom. The highest BCUT2D eigenvalue weighted by Gasteiger charge is 2.50. The molecule has 2 amide bonds. The van der Waals surface area contributed by atoms with Crippen LogP contribution in [0.4, 0.5) is 13.2 Å². The van der Waals surface area contributed by atoms with Crippen LogP contribution in [-0.2, 0) is 32.2 Å². The van der Waals surface area contributed by atoms with Crippen LogP contribution in [0.15, 0.2) is 72.8 Å². The van der Waals surface area contributed by atoms with Gasteiger partial charge in [-0.25, -0.2) is 0 Å². The van der Waals surface area contributed by atoms with Crippen LogP contribution in [0.5, 0.6) is 0 Å². The lowest BCUT2D eigenvalue weighted by Gasteiger charge is -2.41. The molecule has 4 aliphatic rings. The molecule has 1 saturated carbocycles. The molecule has 2 bridgehead atoms. The summed E-state index contributed by atoms with van der Waals surface area (Å²) in [5.74, 6) is -2.57. The molecule has 3 heterocycles. The smallest absolute Gasteiger partial charge is 0.392 e. The van der Waals surface area contributed by atoms with E-state index in [1.54, 1.807) is 0 Å². The molecule has 6 atom stereocenters. The van der Waals surface area contributed by atoms with Crippen molar-refractivity contribution in [3.8, 4) is 11.1 Å². The van der Waals surface area contributed by atoms with Crippen LogP contribution in [0.25, 0.3) is 11.1 Å². The van der Waals surface area contributed by atoms with Gasteiger partial charge in [-0.1, -0.05) is 81.4 Å². The molecule has 0 spiro atoms. The van der Waals surface area contributed by atoms with Crippen molar-refractivity contribution < 1.29 is 37.3 Å². The molecule has 284 valence electrons. The lowest BCUT2D eigenvalue weighted by atomic mass is 9.65. The number of likely N-dealkylation sites (tertiary alicyclic amines) is 2. The summed E-state index contributed by atoms with van der Waals surface area (Å²) >= 11 is 0. The van der Waals surface area contributed by atoms with Gasteiger partial charge in [-0.05, 0) is 82.9 Å². The van der Waals surface area contributed by atoms with Gasteiger partial charge in [0.2, 0.25) is 5.91 Å². The SMILES string of the molecule is CC1(C)CC2CC(C)(CN2C[C@H]2C[C@@H](c3ccc(CO)cc3)O[C@@H](c3cccc(-c4cccc(CNC(=O)[C@@H]5CCCN5C(=O)C(F)(F)F)c4)c3)O2)C1. The van der Waals surface area contributed by atoms with Gasteiger partial charge in [0.15, 0.2) is 6.29 Å². The van der Waals surface area contributed by atoms with E-state index in [2.05, 4.69) is 37.1 Å². The van der Waals surface area contributed by atoms with Crippen LogP contribution < -0.4 is 5.32 Å². The zero-order valence-corrected chi connectivity index (χ0v) is 30.7. The molecule has 0 aromatic heterocycles. The van der Waals surface area contributed by atoms with Gasteiger partial charge in [0, 0.05) is 44.2 Å².